The number of nitrogens with zero attached hydrogens (tertiary/aromatic N) is 2. The van der Waals surface area contributed by atoms with Crippen LogP contribution >= 0.6 is 11.3 Å². The molecular formula is C19H26N2S. The normalized spacial score (nSPS) is 28.7. The molecule has 0 bridgehead atoms. The largest absolute Gasteiger partial charge is 0.241 e. The van der Waals surface area contributed by atoms with Crippen molar-refractivity contribution in [2.45, 2.75) is 65.2 Å². The molecule has 118 valence electrons. The maximum Gasteiger partial charge on any atom is 0.127 e. The van der Waals surface area contributed by atoms with Crippen LogP contribution < -0.4 is 0 Å². The van der Waals surface area contributed by atoms with Gasteiger partial charge < -0.3 is 0 Å². The van der Waals surface area contributed by atoms with Crippen molar-refractivity contribution in [2.24, 2.45) is 17.8 Å². The number of hydrogen-bond acceptors (Lipinski definition) is 3. The highest BCUT2D eigenvalue weighted by Crippen LogP contribution is 2.39. The van der Waals surface area contributed by atoms with E-state index in [1.807, 2.05) is 11.3 Å². The van der Waals surface area contributed by atoms with Gasteiger partial charge in [0, 0.05) is 10.3 Å². The van der Waals surface area contributed by atoms with Crippen molar-refractivity contribution < 1.29 is 0 Å². The van der Waals surface area contributed by atoms with Crippen molar-refractivity contribution in [1.29, 1.82) is 0 Å². The number of aromatic nitrogens is 2. The predicted octanol–water partition coefficient (Wildman–Crippen LogP) is 5.18. The van der Waals surface area contributed by atoms with Gasteiger partial charge in [0.25, 0.3) is 0 Å². The molecule has 2 aliphatic carbocycles. The molecule has 0 aliphatic heterocycles. The first-order valence-electron chi connectivity index (χ1n) is 8.94. The second-order valence-corrected chi connectivity index (χ2v) is 8.77. The molecular weight excluding hydrogens is 288 g/mol. The molecule has 2 aliphatic rings. The maximum absolute atomic E-state index is 4.72. The lowest BCUT2D eigenvalue weighted by molar-refractivity contribution is 0.288. The quantitative estimate of drug-likeness (QED) is 0.763. The Kier molecular flexibility index (Phi) is 3.93. The third-order valence-electron chi connectivity index (χ3n) is 5.78. The second-order valence-electron chi connectivity index (χ2n) is 7.68. The number of fused-ring (bicyclic) bond motifs is 3. The fourth-order valence-corrected chi connectivity index (χ4v) is 5.51. The lowest BCUT2D eigenvalue weighted by Crippen LogP contribution is -2.15. The fraction of sp³-hybridized carbons (Fsp3) is 0.684. The van der Waals surface area contributed by atoms with Crippen molar-refractivity contribution in [1.82, 2.24) is 9.97 Å². The van der Waals surface area contributed by atoms with Crippen molar-refractivity contribution in [3.05, 3.63) is 22.5 Å². The Morgan fingerprint density at radius 1 is 1.05 bits per heavy atom. The van der Waals surface area contributed by atoms with Gasteiger partial charge in [0.15, 0.2) is 0 Å². The van der Waals surface area contributed by atoms with E-state index in [1.54, 1.807) is 16.8 Å². The number of rotatable bonds is 2. The first-order valence-corrected chi connectivity index (χ1v) is 9.76. The third-order valence-corrected chi connectivity index (χ3v) is 6.98. The van der Waals surface area contributed by atoms with Crippen molar-refractivity contribution in [3.8, 4) is 0 Å². The average molecular weight is 314 g/mol. The first kappa shape index (κ1) is 14.6. The van der Waals surface area contributed by atoms with E-state index in [1.165, 1.54) is 67.3 Å². The molecule has 0 radical (unpaired) electrons. The summed E-state index contributed by atoms with van der Waals surface area (Å²) in [5.41, 5.74) is 2.94. The van der Waals surface area contributed by atoms with Crippen LogP contribution in [0.4, 0.5) is 0 Å². The predicted molar refractivity (Wildman–Crippen MR) is 93.4 cm³/mol. The van der Waals surface area contributed by atoms with Crippen LogP contribution in [0.25, 0.3) is 10.2 Å². The molecule has 0 aromatic carbocycles. The van der Waals surface area contributed by atoms with Gasteiger partial charge in [-0.3, -0.25) is 0 Å². The minimum Gasteiger partial charge on any atom is -0.241 e. The van der Waals surface area contributed by atoms with Crippen LogP contribution in [0.5, 0.6) is 0 Å². The maximum atomic E-state index is 4.72. The highest BCUT2D eigenvalue weighted by Gasteiger charge is 2.25. The Labute approximate surface area is 137 Å². The smallest absolute Gasteiger partial charge is 0.127 e. The third kappa shape index (κ3) is 2.68. The lowest BCUT2D eigenvalue weighted by Gasteiger charge is -2.26. The highest BCUT2D eigenvalue weighted by molar-refractivity contribution is 7.18. The molecule has 22 heavy (non-hydrogen) atoms. The molecule has 0 N–H and O–H groups in total. The molecule has 1 fully saturated rings. The number of thiophene rings is 1. The van der Waals surface area contributed by atoms with Crippen LogP contribution in [-0.2, 0) is 19.3 Å². The summed E-state index contributed by atoms with van der Waals surface area (Å²) >= 11 is 1.93. The van der Waals surface area contributed by atoms with Gasteiger partial charge in [0.05, 0.1) is 5.69 Å². The van der Waals surface area contributed by atoms with E-state index in [2.05, 4.69) is 18.8 Å². The Morgan fingerprint density at radius 2 is 1.86 bits per heavy atom. The van der Waals surface area contributed by atoms with Crippen molar-refractivity contribution in [3.63, 3.8) is 0 Å². The Bertz CT molecular complexity index is 667. The van der Waals surface area contributed by atoms with Gasteiger partial charge in [-0.15, -0.1) is 11.3 Å². The van der Waals surface area contributed by atoms with E-state index in [4.69, 9.17) is 4.98 Å². The summed E-state index contributed by atoms with van der Waals surface area (Å²) in [6.07, 6.45) is 12.4. The molecule has 0 spiro atoms. The summed E-state index contributed by atoms with van der Waals surface area (Å²) in [4.78, 5) is 12.1. The van der Waals surface area contributed by atoms with E-state index in [0.717, 1.165) is 17.8 Å². The molecule has 2 aromatic heterocycles. The van der Waals surface area contributed by atoms with Gasteiger partial charge >= 0.3 is 0 Å². The molecule has 4 rings (SSSR count). The summed E-state index contributed by atoms with van der Waals surface area (Å²) in [6, 6.07) is 0. The topological polar surface area (TPSA) is 25.8 Å². The number of hydrogen-bond donors (Lipinski definition) is 0. The zero-order chi connectivity index (χ0) is 15.1. The molecule has 1 atom stereocenters. The van der Waals surface area contributed by atoms with Gasteiger partial charge in [-0.1, -0.05) is 26.7 Å². The van der Waals surface area contributed by atoms with Crippen LogP contribution in [-0.4, -0.2) is 9.97 Å². The highest BCUT2D eigenvalue weighted by atomic mass is 32.1. The Hall–Kier alpha value is -0.960. The van der Waals surface area contributed by atoms with E-state index < -0.39 is 0 Å². The molecule has 1 saturated carbocycles. The molecule has 0 unspecified atom stereocenters. The van der Waals surface area contributed by atoms with Crippen molar-refractivity contribution in [2.75, 3.05) is 0 Å². The van der Waals surface area contributed by atoms with Gasteiger partial charge in [0.2, 0.25) is 0 Å². The summed E-state index contributed by atoms with van der Waals surface area (Å²) in [5, 5.41) is 1.44. The SMILES string of the molecule is C[C@@H]1CCc2sc3ncnc(C[C@H]4CC[C@H](C)CC4)c3c2C1. The van der Waals surface area contributed by atoms with E-state index in [0.29, 0.717) is 0 Å². The first-order chi connectivity index (χ1) is 10.7. The Morgan fingerprint density at radius 3 is 2.68 bits per heavy atom. The van der Waals surface area contributed by atoms with Crippen LogP contribution in [0.1, 0.15) is 62.1 Å². The number of aryl methyl sites for hydroxylation is 1. The van der Waals surface area contributed by atoms with E-state index in [9.17, 15) is 0 Å². The molecule has 0 saturated heterocycles. The van der Waals surface area contributed by atoms with Gasteiger partial charge in [-0.05, 0) is 61.8 Å². The summed E-state index contributed by atoms with van der Waals surface area (Å²) in [7, 11) is 0. The molecule has 2 heterocycles. The lowest BCUT2D eigenvalue weighted by atomic mass is 9.80. The van der Waals surface area contributed by atoms with Crippen LogP contribution in [0.15, 0.2) is 6.33 Å². The van der Waals surface area contributed by atoms with Crippen LogP contribution in [0.3, 0.4) is 0 Å². The minimum absolute atomic E-state index is 0.814. The monoisotopic (exact) mass is 314 g/mol. The summed E-state index contributed by atoms with van der Waals surface area (Å²) in [6.45, 7) is 4.79. The van der Waals surface area contributed by atoms with Crippen LogP contribution in [0.2, 0.25) is 0 Å². The average Bonchev–Trinajstić information content (AvgIpc) is 2.88. The Balaban J connectivity index is 1.67. The molecule has 2 nitrogen and oxygen atoms in total. The summed E-state index contributed by atoms with van der Waals surface area (Å²) in [5.74, 6) is 2.58. The summed E-state index contributed by atoms with van der Waals surface area (Å²) < 4.78 is 0. The molecule has 3 heteroatoms. The minimum atomic E-state index is 0.814. The van der Waals surface area contributed by atoms with Crippen molar-refractivity contribution >= 4 is 21.6 Å². The molecule has 0 amide bonds. The fourth-order valence-electron chi connectivity index (χ4n) is 4.31. The standard InChI is InChI=1S/C19H26N2S/c1-12-3-6-14(7-4-12)10-16-18-15-9-13(2)5-8-17(15)22-19(18)21-11-20-16/h11-14H,3-10H2,1-2H3/t12-,13-,14-/m1/s1. The zero-order valence-electron chi connectivity index (χ0n) is 13.8. The van der Waals surface area contributed by atoms with Gasteiger partial charge in [0.1, 0.15) is 11.2 Å². The zero-order valence-corrected chi connectivity index (χ0v) is 14.6. The van der Waals surface area contributed by atoms with E-state index >= 15 is 0 Å². The van der Waals surface area contributed by atoms with E-state index in [-0.39, 0.29) is 0 Å². The second kappa shape index (κ2) is 5.92. The van der Waals surface area contributed by atoms with Gasteiger partial charge in [-0.25, -0.2) is 9.97 Å². The molecule has 2 aromatic rings. The van der Waals surface area contributed by atoms with Crippen LogP contribution in [0, 0.1) is 17.8 Å². The van der Waals surface area contributed by atoms with Gasteiger partial charge in [-0.2, -0.15) is 0 Å².